The average molecular weight is 369 g/mol. The van der Waals surface area contributed by atoms with Crippen LogP contribution in [0.2, 0.25) is 0 Å². The van der Waals surface area contributed by atoms with Gasteiger partial charge in [0.15, 0.2) is 0 Å². The van der Waals surface area contributed by atoms with Gasteiger partial charge in [-0.05, 0) is 60.6 Å². The number of sulfonamides is 1. The van der Waals surface area contributed by atoms with Gasteiger partial charge in [0, 0.05) is 28.7 Å². The summed E-state index contributed by atoms with van der Waals surface area (Å²) in [5, 5.41) is 11.1. The Hall–Kier alpha value is -1.51. The molecule has 0 atom stereocenters. The first-order valence-electron chi connectivity index (χ1n) is 8.28. The maximum Gasteiger partial charge on any atom is 0.273 e. The van der Waals surface area contributed by atoms with Crippen LogP contribution in [0.5, 0.6) is 0 Å². The number of nitrogens with one attached hydrogen (secondary N) is 1. The number of hydrogen-bond donors (Lipinski definition) is 1. The number of nitro benzene ring substituents is 1. The number of hydrogen-bond acceptors (Lipinski definition) is 5. The van der Waals surface area contributed by atoms with E-state index >= 15 is 0 Å². The zero-order valence-corrected chi connectivity index (χ0v) is 16.5. The minimum atomic E-state index is -3.82. The number of benzene rings is 1. The van der Waals surface area contributed by atoms with Crippen molar-refractivity contribution in [3.05, 3.63) is 33.9 Å². The lowest BCUT2D eigenvalue weighted by atomic mass is 9.78. The number of likely N-dealkylation sites (tertiary alicyclic amines) is 1. The van der Waals surface area contributed by atoms with Crippen LogP contribution in [0.1, 0.15) is 46.1 Å². The normalized spacial score (nSPS) is 21.2. The van der Waals surface area contributed by atoms with Gasteiger partial charge in [0.1, 0.15) is 0 Å². The zero-order chi connectivity index (χ0) is 19.2. The van der Waals surface area contributed by atoms with Crippen molar-refractivity contribution >= 4 is 15.7 Å². The summed E-state index contributed by atoms with van der Waals surface area (Å²) in [4.78, 5) is 12.7. The lowest BCUT2D eigenvalue weighted by molar-refractivity contribution is -0.385. The Kier molecular flexibility index (Phi) is 5.02. The first kappa shape index (κ1) is 19.8. The largest absolute Gasteiger partial charge is 0.296 e. The van der Waals surface area contributed by atoms with Gasteiger partial charge in [-0.15, -0.1) is 0 Å². The Morgan fingerprint density at radius 1 is 1.20 bits per heavy atom. The van der Waals surface area contributed by atoms with Crippen LogP contribution in [0.15, 0.2) is 23.1 Å². The van der Waals surface area contributed by atoms with Crippen LogP contribution >= 0.6 is 0 Å². The molecule has 0 saturated carbocycles. The fraction of sp³-hybridized carbons (Fsp3) is 0.647. The lowest BCUT2D eigenvalue weighted by Gasteiger charge is -2.53. The highest BCUT2D eigenvalue weighted by atomic mass is 32.2. The Balaban J connectivity index is 2.30. The third-order valence-electron chi connectivity index (χ3n) is 5.32. The lowest BCUT2D eigenvalue weighted by Crippen LogP contribution is -2.62. The Labute approximate surface area is 149 Å². The van der Waals surface area contributed by atoms with E-state index in [1.54, 1.807) is 6.92 Å². The van der Waals surface area contributed by atoms with Crippen LogP contribution < -0.4 is 4.72 Å². The van der Waals surface area contributed by atoms with Crippen molar-refractivity contribution < 1.29 is 13.3 Å². The van der Waals surface area contributed by atoms with E-state index in [2.05, 4.69) is 37.3 Å². The maximum atomic E-state index is 12.7. The first-order valence-corrected chi connectivity index (χ1v) is 9.76. The van der Waals surface area contributed by atoms with Crippen LogP contribution in [0.25, 0.3) is 0 Å². The van der Waals surface area contributed by atoms with Gasteiger partial charge in [0.2, 0.25) is 10.0 Å². The molecule has 1 aromatic carbocycles. The monoisotopic (exact) mass is 369 g/mol. The maximum absolute atomic E-state index is 12.7. The van der Waals surface area contributed by atoms with E-state index < -0.39 is 14.9 Å². The smallest absolute Gasteiger partial charge is 0.273 e. The number of piperidine rings is 1. The van der Waals surface area contributed by atoms with E-state index in [1.165, 1.54) is 12.1 Å². The van der Waals surface area contributed by atoms with E-state index in [4.69, 9.17) is 0 Å². The highest BCUT2D eigenvalue weighted by molar-refractivity contribution is 7.89. The molecule has 1 aliphatic rings. The molecule has 1 aliphatic heterocycles. The molecule has 1 heterocycles. The molecule has 140 valence electrons. The molecule has 0 radical (unpaired) electrons. The SMILES string of the molecule is Cc1ccc(S(=O)(=O)NC2CC(C)(C)N(C)C(C)(C)C2)cc1[N+](=O)[O-]. The molecule has 1 aromatic rings. The fourth-order valence-electron chi connectivity index (χ4n) is 3.70. The van der Waals surface area contributed by atoms with Crippen molar-refractivity contribution in [2.24, 2.45) is 0 Å². The number of rotatable bonds is 4. The third kappa shape index (κ3) is 4.02. The summed E-state index contributed by atoms with van der Waals surface area (Å²) in [6.07, 6.45) is 1.33. The Morgan fingerprint density at radius 2 is 1.72 bits per heavy atom. The van der Waals surface area contributed by atoms with Crippen molar-refractivity contribution in [1.82, 2.24) is 9.62 Å². The molecule has 1 saturated heterocycles. The quantitative estimate of drug-likeness (QED) is 0.651. The predicted octanol–water partition coefficient (Wildman–Crippen LogP) is 2.83. The molecule has 0 aliphatic carbocycles. The average Bonchev–Trinajstić information content (AvgIpc) is 2.43. The molecule has 1 fully saturated rings. The summed E-state index contributed by atoms with van der Waals surface area (Å²) >= 11 is 0. The Bertz CT molecular complexity index is 769. The molecule has 8 heteroatoms. The van der Waals surface area contributed by atoms with Crippen LogP contribution in [0, 0.1) is 17.0 Å². The van der Waals surface area contributed by atoms with E-state index in [9.17, 15) is 18.5 Å². The van der Waals surface area contributed by atoms with E-state index in [0.29, 0.717) is 18.4 Å². The van der Waals surface area contributed by atoms with Gasteiger partial charge in [-0.3, -0.25) is 15.0 Å². The van der Waals surface area contributed by atoms with Gasteiger partial charge in [-0.25, -0.2) is 13.1 Å². The molecule has 0 aromatic heterocycles. The molecule has 0 amide bonds. The minimum Gasteiger partial charge on any atom is -0.296 e. The van der Waals surface area contributed by atoms with E-state index in [-0.39, 0.29) is 27.7 Å². The van der Waals surface area contributed by atoms with Gasteiger partial charge < -0.3 is 0 Å². The van der Waals surface area contributed by atoms with Crippen molar-refractivity contribution in [2.75, 3.05) is 7.05 Å². The summed E-state index contributed by atoms with van der Waals surface area (Å²) in [5.41, 5.74) is -0.0694. The van der Waals surface area contributed by atoms with Gasteiger partial charge in [0.25, 0.3) is 5.69 Å². The molecule has 7 nitrogen and oxygen atoms in total. The molecule has 0 bridgehead atoms. The summed E-state index contributed by atoms with van der Waals surface area (Å²) < 4.78 is 28.2. The van der Waals surface area contributed by atoms with Crippen molar-refractivity contribution in [2.45, 2.75) is 69.5 Å². The topological polar surface area (TPSA) is 92.6 Å². The molecule has 0 unspecified atom stereocenters. The summed E-state index contributed by atoms with van der Waals surface area (Å²) in [6, 6.07) is 3.78. The van der Waals surface area contributed by atoms with Gasteiger partial charge >= 0.3 is 0 Å². The number of nitro groups is 1. The molecular formula is C17H27N3O4S. The van der Waals surface area contributed by atoms with Gasteiger partial charge in [-0.1, -0.05) is 6.07 Å². The zero-order valence-electron chi connectivity index (χ0n) is 15.7. The van der Waals surface area contributed by atoms with Crippen molar-refractivity contribution in [3.63, 3.8) is 0 Å². The van der Waals surface area contributed by atoms with Crippen molar-refractivity contribution in [1.29, 1.82) is 0 Å². The second kappa shape index (κ2) is 6.34. The second-order valence-corrected chi connectivity index (χ2v) is 9.83. The van der Waals surface area contributed by atoms with Gasteiger partial charge in [0.05, 0.1) is 9.82 Å². The highest BCUT2D eigenvalue weighted by Crippen LogP contribution is 2.37. The van der Waals surface area contributed by atoms with E-state index in [0.717, 1.165) is 6.07 Å². The minimum absolute atomic E-state index is 0.0701. The molecule has 1 N–H and O–H groups in total. The highest BCUT2D eigenvalue weighted by Gasteiger charge is 2.44. The second-order valence-electron chi connectivity index (χ2n) is 8.12. The van der Waals surface area contributed by atoms with Crippen molar-refractivity contribution in [3.8, 4) is 0 Å². The standard InChI is InChI=1S/C17H27N3O4S/c1-12-7-8-14(9-15(12)20(21)22)25(23,24)18-13-10-16(2,3)19(6)17(4,5)11-13/h7-9,13,18H,10-11H2,1-6H3. The summed E-state index contributed by atoms with van der Waals surface area (Å²) in [6.45, 7) is 9.94. The van der Waals surface area contributed by atoms with E-state index in [1.807, 2.05) is 7.05 Å². The predicted molar refractivity (Wildman–Crippen MR) is 97.1 cm³/mol. The van der Waals surface area contributed by atoms with Crippen LogP contribution in [-0.2, 0) is 10.0 Å². The summed E-state index contributed by atoms with van der Waals surface area (Å²) in [5.74, 6) is 0. The first-order chi connectivity index (χ1) is 11.3. The van der Waals surface area contributed by atoms with Gasteiger partial charge in [-0.2, -0.15) is 0 Å². The Morgan fingerprint density at radius 3 is 2.20 bits per heavy atom. The fourth-order valence-corrected chi connectivity index (χ4v) is 4.95. The number of aryl methyl sites for hydroxylation is 1. The third-order valence-corrected chi connectivity index (χ3v) is 6.84. The molecule has 25 heavy (non-hydrogen) atoms. The number of nitrogens with zero attached hydrogens (tertiary/aromatic N) is 2. The van der Waals surface area contributed by atoms with Crippen LogP contribution in [0.4, 0.5) is 5.69 Å². The molecule has 2 rings (SSSR count). The molecule has 0 spiro atoms. The summed E-state index contributed by atoms with van der Waals surface area (Å²) in [7, 11) is -1.77. The van der Waals surface area contributed by atoms with Crippen LogP contribution in [-0.4, -0.2) is 42.4 Å². The van der Waals surface area contributed by atoms with Crippen LogP contribution in [0.3, 0.4) is 0 Å². The molecular weight excluding hydrogens is 342 g/mol.